The summed E-state index contributed by atoms with van der Waals surface area (Å²) in [7, 11) is -1.19. The topological polar surface area (TPSA) is 40.5 Å². The molecule has 0 rings (SSSR count). The third kappa shape index (κ3) is 8.56. The Hall–Kier alpha value is 0.565. The number of rotatable bonds is 5. The van der Waals surface area contributed by atoms with Crippen molar-refractivity contribution in [2.24, 2.45) is 0 Å². The van der Waals surface area contributed by atoms with Gasteiger partial charge in [-0.2, -0.15) is 0 Å². The molecule has 0 heterocycles. The Morgan fingerprint density at radius 3 is 2.20 bits per heavy atom. The largest absolute Gasteiger partial charge is 0.451 e. The lowest BCUT2D eigenvalue weighted by molar-refractivity contribution is 0.402. The summed E-state index contributed by atoms with van der Waals surface area (Å²) >= 11 is 10.9. The molecule has 2 N–H and O–H groups in total. The summed E-state index contributed by atoms with van der Waals surface area (Å²) < 4.78 is 0. The van der Waals surface area contributed by atoms with E-state index in [1.165, 1.54) is 0 Å². The zero-order valence-electron chi connectivity index (χ0n) is 5.63. The van der Waals surface area contributed by atoms with Crippen molar-refractivity contribution in [2.75, 3.05) is 0 Å². The average molecular weight is 185 g/mol. The van der Waals surface area contributed by atoms with E-state index in [0.29, 0.717) is 6.32 Å². The molecule has 5 heteroatoms. The third-order valence-corrected chi connectivity index (χ3v) is 1.57. The summed E-state index contributed by atoms with van der Waals surface area (Å²) in [6.45, 7) is 0. The van der Waals surface area contributed by atoms with Crippen LogP contribution in [0.15, 0.2) is 0 Å². The Kier molecular flexibility index (Phi) is 6.64. The molecular weight excluding hydrogens is 174 g/mol. The molecule has 0 aliphatic carbocycles. The van der Waals surface area contributed by atoms with E-state index in [0.717, 1.165) is 19.3 Å². The second-order valence-corrected chi connectivity index (χ2v) is 3.43. The lowest BCUT2D eigenvalue weighted by Gasteiger charge is -1.99. The quantitative estimate of drug-likeness (QED) is 0.386. The molecule has 0 aromatic heterocycles. The highest BCUT2D eigenvalue weighted by Crippen LogP contribution is 2.12. The van der Waals surface area contributed by atoms with E-state index in [9.17, 15) is 0 Å². The Morgan fingerprint density at radius 2 is 1.80 bits per heavy atom. The van der Waals surface area contributed by atoms with Crippen molar-refractivity contribution in [1.82, 2.24) is 0 Å². The lowest BCUT2D eigenvalue weighted by Crippen LogP contribution is -2.09. The van der Waals surface area contributed by atoms with Gasteiger partial charge in [0, 0.05) is 0 Å². The van der Waals surface area contributed by atoms with Gasteiger partial charge in [0.2, 0.25) is 0 Å². The summed E-state index contributed by atoms with van der Waals surface area (Å²) in [5.74, 6) is 0. The van der Waals surface area contributed by atoms with Gasteiger partial charge >= 0.3 is 7.12 Å². The van der Waals surface area contributed by atoms with E-state index in [-0.39, 0.29) is 4.84 Å². The van der Waals surface area contributed by atoms with Crippen LogP contribution in [0.3, 0.4) is 0 Å². The first-order valence-corrected chi connectivity index (χ1v) is 4.14. The molecule has 0 fully saturated rings. The molecule has 60 valence electrons. The molecular formula is C5H11BCl2O2. The number of hydrogen-bond donors (Lipinski definition) is 2. The van der Waals surface area contributed by atoms with Crippen molar-refractivity contribution in [2.45, 2.75) is 30.4 Å². The molecule has 10 heavy (non-hydrogen) atoms. The van der Waals surface area contributed by atoms with Crippen LogP contribution in [0.25, 0.3) is 0 Å². The monoisotopic (exact) mass is 184 g/mol. The first-order valence-electron chi connectivity index (χ1n) is 3.27. The zero-order chi connectivity index (χ0) is 7.98. The molecule has 0 atom stereocenters. The molecule has 0 radical (unpaired) electrons. The molecule has 0 spiro atoms. The van der Waals surface area contributed by atoms with Crippen molar-refractivity contribution in [3.63, 3.8) is 0 Å². The second kappa shape index (κ2) is 6.29. The maximum absolute atomic E-state index is 8.41. The molecule has 0 aliphatic heterocycles. The summed E-state index contributed by atoms with van der Waals surface area (Å²) in [6.07, 6.45) is 2.72. The SMILES string of the molecule is OB(O)CCCCC(Cl)Cl. The standard InChI is InChI=1S/C5H11BCl2O2/c7-5(8)3-1-2-4-6(9)10/h5,9-10H,1-4H2. The Bertz CT molecular complexity index is 70.0. The molecule has 0 amide bonds. The Morgan fingerprint density at radius 1 is 1.20 bits per heavy atom. The highest BCUT2D eigenvalue weighted by atomic mass is 35.5. The maximum Gasteiger partial charge on any atom is 0.451 e. The Balaban J connectivity index is 2.91. The van der Waals surface area contributed by atoms with Crippen LogP contribution < -0.4 is 0 Å². The summed E-state index contributed by atoms with van der Waals surface area (Å²) in [6, 6.07) is 0. The molecule has 0 saturated heterocycles. The van der Waals surface area contributed by atoms with Gasteiger partial charge in [-0.05, 0) is 12.7 Å². The highest BCUT2D eigenvalue weighted by Gasteiger charge is 2.05. The van der Waals surface area contributed by atoms with Crippen LogP contribution in [0.5, 0.6) is 0 Å². The van der Waals surface area contributed by atoms with Crippen molar-refractivity contribution >= 4 is 30.3 Å². The molecule has 0 aromatic carbocycles. The summed E-state index contributed by atoms with van der Waals surface area (Å²) in [4.78, 5) is -0.323. The van der Waals surface area contributed by atoms with Crippen molar-refractivity contribution in [1.29, 1.82) is 0 Å². The van der Waals surface area contributed by atoms with Crippen LogP contribution in [0, 0.1) is 0 Å². The van der Waals surface area contributed by atoms with Gasteiger partial charge < -0.3 is 10.0 Å². The van der Waals surface area contributed by atoms with Crippen molar-refractivity contribution < 1.29 is 10.0 Å². The number of hydrogen-bond acceptors (Lipinski definition) is 2. The van der Waals surface area contributed by atoms with E-state index in [1.54, 1.807) is 0 Å². The van der Waals surface area contributed by atoms with Crippen molar-refractivity contribution in [3.8, 4) is 0 Å². The van der Waals surface area contributed by atoms with Gasteiger partial charge in [-0.15, -0.1) is 23.2 Å². The fourth-order valence-electron chi connectivity index (χ4n) is 0.626. The predicted molar refractivity (Wildman–Crippen MR) is 44.3 cm³/mol. The fraction of sp³-hybridized carbons (Fsp3) is 1.00. The minimum absolute atomic E-state index is 0.323. The second-order valence-electron chi connectivity index (χ2n) is 2.16. The van der Waals surface area contributed by atoms with E-state index in [2.05, 4.69) is 0 Å². The van der Waals surface area contributed by atoms with Gasteiger partial charge in [-0.25, -0.2) is 0 Å². The predicted octanol–water partition coefficient (Wildman–Crippen LogP) is 1.43. The molecule has 2 nitrogen and oxygen atoms in total. The average Bonchev–Trinajstić information content (AvgIpc) is 1.79. The normalized spacial score (nSPS) is 10.5. The van der Waals surface area contributed by atoms with Gasteiger partial charge in [0.25, 0.3) is 0 Å². The number of alkyl halides is 2. The van der Waals surface area contributed by atoms with E-state index in [4.69, 9.17) is 33.2 Å². The van der Waals surface area contributed by atoms with Gasteiger partial charge in [0.15, 0.2) is 0 Å². The van der Waals surface area contributed by atoms with Crippen LogP contribution in [0.2, 0.25) is 6.32 Å². The summed E-state index contributed by atoms with van der Waals surface area (Å²) in [5, 5.41) is 16.8. The van der Waals surface area contributed by atoms with Gasteiger partial charge in [-0.1, -0.05) is 12.8 Å². The van der Waals surface area contributed by atoms with Crippen LogP contribution in [-0.2, 0) is 0 Å². The van der Waals surface area contributed by atoms with Crippen LogP contribution >= 0.6 is 23.2 Å². The maximum atomic E-state index is 8.41. The molecule has 0 aromatic rings. The van der Waals surface area contributed by atoms with Gasteiger partial charge in [-0.3, -0.25) is 0 Å². The summed E-state index contributed by atoms with van der Waals surface area (Å²) in [5.41, 5.74) is 0. The lowest BCUT2D eigenvalue weighted by atomic mass is 9.83. The minimum atomic E-state index is -1.19. The van der Waals surface area contributed by atoms with Crippen LogP contribution in [0.4, 0.5) is 0 Å². The minimum Gasteiger partial charge on any atom is -0.427 e. The third-order valence-electron chi connectivity index (χ3n) is 1.13. The van der Waals surface area contributed by atoms with Crippen LogP contribution in [-0.4, -0.2) is 22.0 Å². The van der Waals surface area contributed by atoms with E-state index >= 15 is 0 Å². The number of unbranched alkanes of at least 4 members (excludes halogenated alkanes) is 1. The molecule has 0 saturated carbocycles. The zero-order valence-corrected chi connectivity index (χ0v) is 7.15. The van der Waals surface area contributed by atoms with E-state index < -0.39 is 7.12 Å². The van der Waals surface area contributed by atoms with Gasteiger partial charge in [0.1, 0.15) is 4.84 Å². The molecule has 0 bridgehead atoms. The van der Waals surface area contributed by atoms with Crippen molar-refractivity contribution in [3.05, 3.63) is 0 Å². The fourth-order valence-corrected chi connectivity index (χ4v) is 0.934. The van der Waals surface area contributed by atoms with E-state index in [1.807, 2.05) is 0 Å². The smallest absolute Gasteiger partial charge is 0.427 e. The molecule has 0 unspecified atom stereocenters. The van der Waals surface area contributed by atoms with Gasteiger partial charge in [0.05, 0.1) is 0 Å². The first-order chi connectivity index (χ1) is 4.63. The Labute approximate surface area is 71.3 Å². The highest BCUT2D eigenvalue weighted by molar-refractivity contribution is 6.44. The number of halogens is 2. The van der Waals surface area contributed by atoms with Crippen LogP contribution in [0.1, 0.15) is 19.3 Å². The molecule has 0 aliphatic rings. The first kappa shape index (κ1) is 10.6.